The molecule has 0 saturated carbocycles. The van der Waals surface area contributed by atoms with Crippen molar-refractivity contribution >= 4 is 28.9 Å². The summed E-state index contributed by atoms with van der Waals surface area (Å²) in [6, 6.07) is 22.3. The Labute approximate surface area is 242 Å². The number of ether oxygens (including phenoxy) is 3. The Morgan fingerprint density at radius 2 is 1.59 bits per heavy atom. The highest BCUT2D eigenvalue weighted by molar-refractivity contribution is 7.12. The van der Waals surface area contributed by atoms with Gasteiger partial charge in [0, 0.05) is 24.2 Å². The molecule has 3 aromatic carbocycles. The van der Waals surface area contributed by atoms with Gasteiger partial charge >= 0.3 is 5.97 Å². The van der Waals surface area contributed by atoms with Crippen molar-refractivity contribution in [3.63, 3.8) is 0 Å². The van der Waals surface area contributed by atoms with Crippen LogP contribution in [0.3, 0.4) is 0 Å². The van der Waals surface area contributed by atoms with E-state index in [-0.39, 0.29) is 11.8 Å². The van der Waals surface area contributed by atoms with Gasteiger partial charge in [0.1, 0.15) is 17.2 Å². The summed E-state index contributed by atoms with van der Waals surface area (Å²) in [5.74, 6) is 0.797. The first-order chi connectivity index (χ1) is 19.8. The van der Waals surface area contributed by atoms with Gasteiger partial charge in [-0.2, -0.15) is 9.78 Å². The molecule has 208 valence electrons. The summed E-state index contributed by atoms with van der Waals surface area (Å²) in [4.78, 5) is 25.6. The van der Waals surface area contributed by atoms with Crippen molar-refractivity contribution in [3.05, 3.63) is 94.2 Å². The van der Waals surface area contributed by atoms with E-state index in [1.54, 1.807) is 31.0 Å². The van der Waals surface area contributed by atoms with Crippen LogP contribution in [0.5, 0.6) is 17.4 Å². The normalized spacial score (nSPS) is 10.8. The second-order valence-corrected chi connectivity index (χ2v) is 10.3. The molecule has 2 heterocycles. The molecule has 1 amide bonds. The largest absolute Gasteiger partial charge is 0.497 e. The third-order valence-electron chi connectivity index (χ3n) is 6.69. The number of hydrogen-bond donors (Lipinski definition) is 1. The highest BCUT2D eigenvalue weighted by Gasteiger charge is 2.26. The van der Waals surface area contributed by atoms with Crippen molar-refractivity contribution in [1.29, 1.82) is 0 Å². The Bertz CT molecular complexity index is 1700. The van der Waals surface area contributed by atoms with Gasteiger partial charge in [-0.05, 0) is 72.3 Å². The van der Waals surface area contributed by atoms with E-state index in [1.807, 2.05) is 79.9 Å². The van der Waals surface area contributed by atoms with E-state index in [9.17, 15) is 9.59 Å². The molecule has 9 heteroatoms. The lowest BCUT2D eigenvalue weighted by Gasteiger charge is -2.13. The lowest BCUT2D eigenvalue weighted by atomic mass is 10.00. The predicted molar refractivity (Wildman–Crippen MR) is 161 cm³/mol. The maximum absolute atomic E-state index is 12.6. The summed E-state index contributed by atoms with van der Waals surface area (Å²) in [5.41, 5.74) is 6.10. The van der Waals surface area contributed by atoms with Crippen molar-refractivity contribution < 1.29 is 23.8 Å². The van der Waals surface area contributed by atoms with Crippen LogP contribution >= 0.6 is 11.3 Å². The number of aryl methyl sites for hydroxylation is 1. The van der Waals surface area contributed by atoms with E-state index in [2.05, 4.69) is 5.32 Å². The first-order valence-electron chi connectivity index (χ1n) is 12.9. The van der Waals surface area contributed by atoms with Gasteiger partial charge in [-0.1, -0.05) is 30.3 Å². The van der Waals surface area contributed by atoms with E-state index in [0.717, 1.165) is 22.4 Å². The molecule has 0 saturated heterocycles. The molecule has 0 atom stereocenters. The van der Waals surface area contributed by atoms with Gasteiger partial charge < -0.3 is 19.5 Å². The fourth-order valence-electron chi connectivity index (χ4n) is 4.49. The molecular formula is C32H29N3O5S. The minimum atomic E-state index is -0.479. The Kier molecular flexibility index (Phi) is 7.89. The Morgan fingerprint density at radius 1 is 0.878 bits per heavy atom. The van der Waals surface area contributed by atoms with Gasteiger partial charge in [-0.15, -0.1) is 11.3 Å². The summed E-state index contributed by atoms with van der Waals surface area (Å²) in [6.45, 7) is 5.39. The van der Waals surface area contributed by atoms with Crippen molar-refractivity contribution in [2.24, 2.45) is 0 Å². The molecule has 0 bridgehead atoms. The SMILES string of the molecule is COc1cc(OC)cc(-c2nn(-c3cccc(C)c3C)c(OC(C)=O)c2-c2ccc(NC(=O)c3cccs3)cc2)c1. The second-order valence-electron chi connectivity index (χ2n) is 9.36. The fourth-order valence-corrected chi connectivity index (χ4v) is 5.11. The average molecular weight is 568 g/mol. The molecule has 0 aliphatic rings. The lowest BCUT2D eigenvalue weighted by molar-refractivity contribution is -0.132. The lowest BCUT2D eigenvalue weighted by Crippen LogP contribution is -2.10. The minimum Gasteiger partial charge on any atom is -0.497 e. The first-order valence-corrected chi connectivity index (χ1v) is 13.7. The summed E-state index contributed by atoms with van der Waals surface area (Å²) in [5, 5.41) is 9.78. The third kappa shape index (κ3) is 5.71. The molecule has 0 aliphatic carbocycles. The molecule has 5 rings (SSSR count). The van der Waals surface area contributed by atoms with Gasteiger partial charge in [0.25, 0.3) is 5.91 Å². The quantitative estimate of drug-likeness (QED) is 0.202. The predicted octanol–water partition coefficient (Wildman–Crippen LogP) is 7.08. The molecule has 0 spiro atoms. The number of aromatic nitrogens is 2. The number of carbonyl (C=O) groups is 2. The van der Waals surface area contributed by atoms with E-state index in [4.69, 9.17) is 19.3 Å². The van der Waals surface area contributed by atoms with Gasteiger partial charge in [-0.3, -0.25) is 9.59 Å². The molecule has 8 nitrogen and oxygen atoms in total. The molecule has 0 aliphatic heterocycles. The minimum absolute atomic E-state index is 0.180. The molecule has 1 N–H and O–H groups in total. The Morgan fingerprint density at radius 3 is 2.20 bits per heavy atom. The summed E-state index contributed by atoms with van der Waals surface area (Å²) >= 11 is 1.37. The van der Waals surface area contributed by atoms with Gasteiger partial charge in [0.05, 0.1) is 30.3 Å². The zero-order valence-electron chi connectivity index (χ0n) is 23.3. The standard InChI is InChI=1S/C32H29N3O5S/c1-19-8-6-9-27(20(19)2)35-32(40-21(3)36)29(30(34-35)23-16-25(38-4)18-26(17-23)39-5)22-11-13-24(14-12-22)33-31(37)28-10-7-15-41-28/h6-18H,1-5H3,(H,33,37). The number of benzene rings is 3. The monoisotopic (exact) mass is 567 g/mol. The van der Waals surface area contributed by atoms with Gasteiger partial charge in [0.15, 0.2) is 0 Å². The second kappa shape index (κ2) is 11.7. The number of hydrogen-bond acceptors (Lipinski definition) is 7. The number of carbonyl (C=O) groups excluding carboxylic acids is 2. The zero-order chi connectivity index (χ0) is 29.1. The number of methoxy groups -OCH3 is 2. The van der Waals surface area contributed by atoms with E-state index in [0.29, 0.717) is 38.9 Å². The molecular weight excluding hydrogens is 538 g/mol. The van der Waals surface area contributed by atoms with Crippen LogP contribution in [0, 0.1) is 13.8 Å². The van der Waals surface area contributed by atoms with E-state index >= 15 is 0 Å². The highest BCUT2D eigenvalue weighted by Crippen LogP contribution is 2.43. The third-order valence-corrected chi connectivity index (χ3v) is 7.56. The first kappa shape index (κ1) is 27.7. The number of nitrogens with one attached hydrogen (secondary N) is 1. The molecule has 0 radical (unpaired) electrons. The zero-order valence-corrected chi connectivity index (χ0v) is 24.2. The molecule has 0 unspecified atom stereocenters. The fraction of sp³-hybridized carbons (Fsp3) is 0.156. The van der Waals surface area contributed by atoms with Crippen LogP contribution in [0.4, 0.5) is 5.69 Å². The topological polar surface area (TPSA) is 91.7 Å². The number of rotatable bonds is 8. The summed E-state index contributed by atoms with van der Waals surface area (Å²) in [6.07, 6.45) is 0. The molecule has 5 aromatic rings. The van der Waals surface area contributed by atoms with Gasteiger partial charge in [-0.25, -0.2) is 0 Å². The van der Waals surface area contributed by atoms with Gasteiger partial charge in [0.2, 0.25) is 5.88 Å². The van der Waals surface area contributed by atoms with Crippen LogP contribution in [0.15, 0.2) is 78.2 Å². The highest BCUT2D eigenvalue weighted by atomic mass is 32.1. The van der Waals surface area contributed by atoms with Crippen molar-refractivity contribution in [2.45, 2.75) is 20.8 Å². The van der Waals surface area contributed by atoms with Crippen molar-refractivity contribution in [2.75, 3.05) is 19.5 Å². The van der Waals surface area contributed by atoms with E-state index in [1.165, 1.54) is 18.3 Å². The van der Waals surface area contributed by atoms with Crippen LogP contribution in [0.25, 0.3) is 28.1 Å². The van der Waals surface area contributed by atoms with E-state index < -0.39 is 5.97 Å². The van der Waals surface area contributed by atoms with Crippen LogP contribution in [0.2, 0.25) is 0 Å². The molecule has 0 fully saturated rings. The van der Waals surface area contributed by atoms with Crippen molar-refractivity contribution in [1.82, 2.24) is 9.78 Å². The van der Waals surface area contributed by atoms with Crippen LogP contribution in [0.1, 0.15) is 27.7 Å². The summed E-state index contributed by atoms with van der Waals surface area (Å²) in [7, 11) is 3.17. The van der Waals surface area contributed by atoms with Crippen LogP contribution in [-0.2, 0) is 4.79 Å². The number of anilines is 1. The number of amides is 1. The number of nitrogens with zero attached hydrogens (tertiary/aromatic N) is 2. The number of esters is 1. The van der Waals surface area contributed by atoms with Crippen LogP contribution in [-0.4, -0.2) is 35.9 Å². The summed E-state index contributed by atoms with van der Waals surface area (Å²) < 4.78 is 18.6. The number of thiophene rings is 1. The molecule has 41 heavy (non-hydrogen) atoms. The average Bonchev–Trinajstić information content (AvgIpc) is 3.64. The van der Waals surface area contributed by atoms with Crippen LogP contribution < -0.4 is 19.5 Å². The molecule has 2 aromatic heterocycles. The maximum Gasteiger partial charge on any atom is 0.309 e. The Hall–Kier alpha value is -4.89. The maximum atomic E-state index is 12.6. The van der Waals surface area contributed by atoms with Crippen molar-refractivity contribution in [3.8, 4) is 45.5 Å². The smallest absolute Gasteiger partial charge is 0.309 e. The Balaban J connectivity index is 1.71.